The van der Waals surface area contributed by atoms with Gasteiger partial charge in [-0.1, -0.05) is 17.7 Å². The van der Waals surface area contributed by atoms with Gasteiger partial charge in [0.2, 0.25) is 0 Å². The number of hydrogen-bond donors (Lipinski definition) is 0. The van der Waals surface area contributed by atoms with Gasteiger partial charge in [0, 0.05) is 5.02 Å². The van der Waals surface area contributed by atoms with Crippen molar-refractivity contribution in [2.24, 2.45) is 5.92 Å². The van der Waals surface area contributed by atoms with E-state index in [9.17, 15) is 0 Å². The maximum Gasteiger partial charge on any atom is 0.0438 e. The van der Waals surface area contributed by atoms with Gasteiger partial charge >= 0.3 is 0 Å². The van der Waals surface area contributed by atoms with E-state index in [1.807, 2.05) is 6.07 Å². The zero-order chi connectivity index (χ0) is 9.42. The molecule has 0 amide bonds. The summed E-state index contributed by atoms with van der Waals surface area (Å²) in [5, 5.41) is 0.900. The van der Waals surface area contributed by atoms with E-state index in [0.717, 1.165) is 10.9 Å². The highest BCUT2D eigenvalue weighted by molar-refractivity contribution is 6.31. The van der Waals surface area contributed by atoms with Gasteiger partial charge in [-0.05, 0) is 61.8 Å². The first-order valence-electron chi connectivity index (χ1n) is 4.93. The molecule has 1 saturated carbocycles. The summed E-state index contributed by atoms with van der Waals surface area (Å²) in [5.74, 6) is 0.958. The fraction of sp³-hybridized carbons (Fsp3) is 0.500. The lowest BCUT2D eigenvalue weighted by atomic mass is 9.99. The van der Waals surface area contributed by atoms with E-state index in [2.05, 4.69) is 19.9 Å². The lowest BCUT2D eigenvalue weighted by Crippen LogP contribution is -1.94. The van der Waals surface area contributed by atoms with Crippen molar-refractivity contribution in [1.29, 1.82) is 0 Å². The molecule has 0 spiro atoms. The topological polar surface area (TPSA) is 0 Å². The van der Waals surface area contributed by atoms with E-state index in [-0.39, 0.29) is 0 Å². The van der Waals surface area contributed by atoms with Gasteiger partial charge in [-0.15, -0.1) is 0 Å². The molecule has 1 fully saturated rings. The van der Waals surface area contributed by atoms with Crippen LogP contribution in [0.25, 0.3) is 0 Å². The van der Waals surface area contributed by atoms with Gasteiger partial charge in [-0.2, -0.15) is 0 Å². The van der Waals surface area contributed by atoms with Crippen molar-refractivity contribution >= 4 is 11.6 Å². The minimum atomic E-state index is 0.900. The van der Waals surface area contributed by atoms with Crippen LogP contribution in [0.1, 0.15) is 29.5 Å². The number of hydrogen-bond acceptors (Lipinski definition) is 0. The first kappa shape index (κ1) is 9.08. The molecule has 0 saturated heterocycles. The van der Waals surface area contributed by atoms with Crippen LogP contribution in [0.2, 0.25) is 5.02 Å². The van der Waals surface area contributed by atoms with E-state index in [1.54, 1.807) is 0 Å². The Morgan fingerprint density at radius 3 is 2.54 bits per heavy atom. The summed E-state index contributed by atoms with van der Waals surface area (Å²) in [5.41, 5.74) is 4.13. The second kappa shape index (κ2) is 3.34. The minimum absolute atomic E-state index is 0.900. The van der Waals surface area contributed by atoms with Crippen LogP contribution in [-0.2, 0) is 6.42 Å². The molecule has 0 aromatic heterocycles. The summed E-state index contributed by atoms with van der Waals surface area (Å²) in [4.78, 5) is 0. The lowest BCUT2D eigenvalue weighted by molar-refractivity contribution is 0.825. The summed E-state index contributed by atoms with van der Waals surface area (Å²) in [6.45, 7) is 4.28. The summed E-state index contributed by atoms with van der Waals surface area (Å²) >= 11 is 6.04. The Balaban J connectivity index is 2.29. The summed E-state index contributed by atoms with van der Waals surface area (Å²) < 4.78 is 0. The molecule has 0 nitrogen and oxygen atoms in total. The maximum atomic E-state index is 6.04. The summed E-state index contributed by atoms with van der Waals surface area (Å²) in [6, 6.07) is 4.21. The first-order valence-corrected chi connectivity index (χ1v) is 5.31. The van der Waals surface area contributed by atoms with Gasteiger partial charge in [0.15, 0.2) is 0 Å². The molecule has 1 aromatic rings. The lowest BCUT2D eigenvalue weighted by Gasteiger charge is -2.09. The highest BCUT2D eigenvalue weighted by atomic mass is 35.5. The average molecular weight is 195 g/mol. The minimum Gasteiger partial charge on any atom is -0.0840 e. The average Bonchev–Trinajstić information content (AvgIpc) is 2.90. The van der Waals surface area contributed by atoms with Crippen molar-refractivity contribution in [2.45, 2.75) is 33.1 Å². The third-order valence-electron chi connectivity index (χ3n) is 3.04. The van der Waals surface area contributed by atoms with Crippen molar-refractivity contribution in [3.05, 3.63) is 33.8 Å². The van der Waals surface area contributed by atoms with Gasteiger partial charge in [0.05, 0.1) is 0 Å². The van der Waals surface area contributed by atoms with Crippen molar-refractivity contribution in [2.75, 3.05) is 0 Å². The molecule has 0 radical (unpaired) electrons. The summed E-state index contributed by atoms with van der Waals surface area (Å²) in [7, 11) is 0. The number of benzene rings is 1. The molecule has 0 heterocycles. The molecule has 13 heavy (non-hydrogen) atoms. The van der Waals surface area contributed by atoms with Crippen LogP contribution in [-0.4, -0.2) is 0 Å². The van der Waals surface area contributed by atoms with Crippen LogP contribution in [0.3, 0.4) is 0 Å². The Morgan fingerprint density at radius 2 is 1.92 bits per heavy atom. The van der Waals surface area contributed by atoms with Gasteiger partial charge in [0.1, 0.15) is 0 Å². The Labute approximate surface area is 84.9 Å². The molecule has 0 unspecified atom stereocenters. The number of halogens is 1. The van der Waals surface area contributed by atoms with Crippen LogP contribution in [0.4, 0.5) is 0 Å². The molecule has 0 aliphatic heterocycles. The molecular formula is C12H15Cl. The van der Waals surface area contributed by atoms with Gasteiger partial charge in [-0.25, -0.2) is 0 Å². The Hall–Kier alpha value is -0.490. The highest BCUT2D eigenvalue weighted by Crippen LogP contribution is 2.34. The third-order valence-corrected chi connectivity index (χ3v) is 3.45. The van der Waals surface area contributed by atoms with Crippen LogP contribution >= 0.6 is 11.6 Å². The molecule has 0 bridgehead atoms. The zero-order valence-electron chi connectivity index (χ0n) is 8.23. The standard InChI is InChI=1S/C12H15Cl/c1-8-9(2)12(13)6-5-11(8)7-10-3-4-10/h5-6,10H,3-4,7H2,1-2H3. The predicted molar refractivity (Wildman–Crippen MR) is 57.4 cm³/mol. The largest absolute Gasteiger partial charge is 0.0840 e. The predicted octanol–water partition coefficient (Wildman–Crippen LogP) is 3.91. The summed E-state index contributed by atoms with van der Waals surface area (Å²) in [6.07, 6.45) is 4.09. The highest BCUT2D eigenvalue weighted by Gasteiger charge is 2.22. The van der Waals surface area contributed by atoms with Crippen molar-refractivity contribution in [1.82, 2.24) is 0 Å². The van der Waals surface area contributed by atoms with Crippen molar-refractivity contribution in [3.8, 4) is 0 Å². The molecule has 1 aliphatic carbocycles. The molecule has 1 aromatic carbocycles. The SMILES string of the molecule is Cc1c(Cl)ccc(CC2CC2)c1C. The molecule has 1 aliphatic rings. The van der Waals surface area contributed by atoms with Gasteiger partial charge in [0.25, 0.3) is 0 Å². The van der Waals surface area contributed by atoms with Crippen molar-refractivity contribution < 1.29 is 0 Å². The van der Waals surface area contributed by atoms with Crippen LogP contribution in [0.15, 0.2) is 12.1 Å². The molecule has 1 heteroatoms. The van der Waals surface area contributed by atoms with Gasteiger partial charge < -0.3 is 0 Å². The molecule has 0 N–H and O–H groups in total. The molecule has 70 valence electrons. The van der Waals surface area contributed by atoms with Crippen LogP contribution < -0.4 is 0 Å². The van der Waals surface area contributed by atoms with E-state index >= 15 is 0 Å². The van der Waals surface area contributed by atoms with Gasteiger partial charge in [-0.3, -0.25) is 0 Å². The van der Waals surface area contributed by atoms with Crippen molar-refractivity contribution in [3.63, 3.8) is 0 Å². The fourth-order valence-corrected chi connectivity index (χ4v) is 1.90. The quantitative estimate of drug-likeness (QED) is 0.670. The van der Waals surface area contributed by atoms with E-state index in [4.69, 9.17) is 11.6 Å². The molecule has 0 atom stereocenters. The zero-order valence-corrected chi connectivity index (χ0v) is 8.99. The van der Waals surface area contributed by atoms with E-state index in [1.165, 1.54) is 36.0 Å². The third kappa shape index (κ3) is 1.88. The maximum absolute atomic E-state index is 6.04. The monoisotopic (exact) mass is 194 g/mol. The Morgan fingerprint density at radius 1 is 1.23 bits per heavy atom. The Bertz CT molecular complexity index is 324. The van der Waals surface area contributed by atoms with E-state index in [0.29, 0.717) is 0 Å². The second-order valence-electron chi connectivity index (χ2n) is 4.10. The smallest absolute Gasteiger partial charge is 0.0438 e. The van der Waals surface area contributed by atoms with Crippen LogP contribution in [0, 0.1) is 19.8 Å². The molecule has 2 rings (SSSR count). The Kier molecular flexibility index (Phi) is 2.33. The van der Waals surface area contributed by atoms with E-state index < -0.39 is 0 Å². The second-order valence-corrected chi connectivity index (χ2v) is 4.51. The number of rotatable bonds is 2. The van der Waals surface area contributed by atoms with Crippen LogP contribution in [0.5, 0.6) is 0 Å². The normalized spacial score (nSPS) is 16.2. The first-order chi connectivity index (χ1) is 6.18. The fourth-order valence-electron chi connectivity index (χ4n) is 1.70. The molecular weight excluding hydrogens is 180 g/mol.